The zero-order valence-corrected chi connectivity index (χ0v) is 9.09. The van der Waals surface area contributed by atoms with Crippen molar-refractivity contribution in [2.24, 2.45) is 5.92 Å². The van der Waals surface area contributed by atoms with Crippen LogP contribution in [0.2, 0.25) is 0 Å². The van der Waals surface area contributed by atoms with Crippen molar-refractivity contribution < 1.29 is 4.74 Å². The highest BCUT2D eigenvalue weighted by Gasteiger charge is 2.17. The van der Waals surface area contributed by atoms with Gasteiger partial charge in [0.25, 0.3) is 0 Å². The molecule has 1 aliphatic rings. The van der Waals surface area contributed by atoms with Crippen molar-refractivity contribution in [3.63, 3.8) is 0 Å². The molecule has 2 heteroatoms. The second kappa shape index (κ2) is 6.39. The van der Waals surface area contributed by atoms with Crippen molar-refractivity contribution in [1.29, 1.82) is 0 Å². The lowest BCUT2D eigenvalue weighted by atomic mass is 9.92. The summed E-state index contributed by atoms with van der Waals surface area (Å²) in [5.74, 6) is 1.00. The third-order valence-electron chi connectivity index (χ3n) is 3.02. The highest BCUT2D eigenvalue weighted by atomic mass is 16.5. The summed E-state index contributed by atoms with van der Waals surface area (Å²) in [7, 11) is 1.78. The first-order valence-electron chi connectivity index (χ1n) is 5.58. The van der Waals surface area contributed by atoms with Gasteiger partial charge in [-0.2, -0.15) is 0 Å². The van der Waals surface area contributed by atoms with Gasteiger partial charge in [-0.15, -0.1) is 0 Å². The third-order valence-corrected chi connectivity index (χ3v) is 3.02. The minimum atomic E-state index is 0.887. The molecule has 1 rings (SSSR count). The minimum absolute atomic E-state index is 0.887. The van der Waals surface area contributed by atoms with E-state index in [4.69, 9.17) is 4.74 Å². The highest BCUT2D eigenvalue weighted by Crippen LogP contribution is 2.21. The number of hydrogen-bond acceptors (Lipinski definition) is 2. The SMILES string of the molecule is CCCC1CCN(CCOC)CC1. The fourth-order valence-corrected chi connectivity index (χ4v) is 2.13. The maximum absolute atomic E-state index is 5.08. The van der Waals surface area contributed by atoms with E-state index in [2.05, 4.69) is 11.8 Å². The van der Waals surface area contributed by atoms with Crippen LogP contribution in [0.4, 0.5) is 0 Å². The Labute approximate surface area is 82.3 Å². The number of ether oxygens (including phenoxy) is 1. The number of piperidine rings is 1. The predicted molar refractivity (Wildman–Crippen MR) is 55.9 cm³/mol. The molecule has 0 aromatic rings. The Bertz CT molecular complexity index is 119. The van der Waals surface area contributed by atoms with Crippen LogP contribution in [-0.4, -0.2) is 38.3 Å². The number of nitrogens with zero attached hydrogens (tertiary/aromatic N) is 1. The molecule has 0 amide bonds. The van der Waals surface area contributed by atoms with Gasteiger partial charge in [-0.25, -0.2) is 0 Å². The molecule has 1 aliphatic heterocycles. The van der Waals surface area contributed by atoms with Crippen molar-refractivity contribution in [3.05, 3.63) is 0 Å². The summed E-state index contributed by atoms with van der Waals surface area (Å²) in [6.45, 7) is 6.87. The first-order valence-corrected chi connectivity index (χ1v) is 5.58. The quantitative estimate of drug-likeness (QED) is 0.650. The Kier molecular flexibility index (Phi) is 5.40. The van der Waals surface area contributed by atoms with Gasteiger partial charge in [-0.1, -0.05) is 19.8 Å². The van der Waals surface area contributed by atoms with Crippen LogP contribution >= 0.6 is 0 Å². The van der Waals surface area contributed by atoms with E-state index in [0.29, 0.717) is 0 Å². The monoisotopic (exact) mass is 185 g/mol. The van der Waals surface area contributed by atoms with Crippen molar-refractivity contribution >= 4 is 0 Å². The number of methoxy groups -OCH3 is 1. The Morgan fingerprint density at radius 3 is 2.54 bits per heavy atom. The smallest absolute Gasteiger partial charge is 0.0589 e. The van der Waals surface area contributed by atoms with Gasteiger partial charge in [0.15, 0.2) is 0 Å². The summed E-state index contributed by atoms with van der Waals surface area (Å²) in [5, 5.41) is 0. The van der Waals surface area contributed by atoms with E-state index in [1.165, 1.54) is 38.8 Å². The summed E-state index contributed by atoms with van der Waals surface area (Å²) in [6.07, 6.45) is 5.58. The van der Waals surface area contributed by atoms with Gasteiger partial charge in [-0.3, -0.25) is 0 Å². The summed E-state index contributed by atoms with van der Waals surface area (Å²) in [5.41, 5.74) is 0. The zero-order chi connectivity index (χ0) is 9.52. The lowest BCUT2D eigenvalue weighted by Crippen LogP contribution is -2.35. The van der Waals surface area contributed by atoms with E-state index in [1.807, 2.05) is 0 Å². The van der Waals surface area contributed by atoms with Gasteiger partial charge in [0, 0.05) is 13.7 Å². The maximum atomic E-state index is 5.08. The molecule has 0 radical (unpaired) electrons. The van der Waals surface area contributed by atoms with Crippen molar-refractivity contribution in [2.45, 2.75) is 32.6 Å². The predicted octanol–water partition coefficient (Wildman–Crippen LogP) is 2.14. The topological polar surface area (TPSA) is 12.5 Å². The number of likely N-dealkylation sites (tertiary alicyclic amines) is 1. The van der Waals surface area contributed by atoms with Crippen LogP contribution in [0.3, 0.4) is 0 Å². The Balaban J connectivity index is 2.08. The maximum Gasteiger partial charge on any atom is 0.0589 e. The van der Waals surface area contributed by atoms with Gasteiger partial charge in [0.2, 0.25) is 0 Å². The Morgan fingerprint density at radius 1 is 1.31 bits per heavy atom. The van der Waals surface area contributed by atoms with E-state index in [1.54, 1.807) is 7.11 Å². The van der Waals surface area contributed by atoms with Crippen LogP contribution in [0.15, 0.2) is 0 Å². The fourth-order valence-electron chi connectivity index (χ4n) is 2.13. The molecule has 1 heterocycles. The van der Waals surface area contributed by atoms with Crippen LogP contribution in [0.25, 0.3) is 0 Å². The first kappa shape index (κ1) is 11.0. The molecule has 0 bridgehead atoms. The molecule has 1 saturated heterocycles. The molecule has 78 valence electrons. The van der Waals surface area contributed by atoms with E-state index >= 15 is 0 Å². The van der Waals surface area contributed by atoms with Gasteiger partial charge in [0.1, 0.15) is 0 Å². The van der Waals surface area contributed by atoms with E-state index < -0.39 is 0 Å². The molecular weight excluding hydrogens is 162 g/mol. The second-order valence-corrected chi connectivity index (χ2v) is 4.07. The summed E-state index contributed by atoms with van der Waals surface area (Å²) >= 11 is 0. The average Bonchev–Trinajstić information content (AvgIpc) is 2.17. The van der Waals surface area contributed by atoms with Gasteiger partial charge < -0.3 is 9.64 Å². The van der Waals surface area contributed by atoms with E-state index in [9.17, 15) is 0 Å². The average molecular weight is 185 g/mol. The Hall–Kier alpha value is -0.0800. The lowest BCUT2D eigenvalue weighted by Gasteiger charge is -2.31. The molecule has 0 saturated carbocycles. The summed E-state index contributed by atoms with van der Waals surface area (Å²) in [6, 6.07) is 0. The standard InChI is InChI=1S/C11H23NO/c1-3-4-11-5-7-12(8-6-11)9-10-13-2/h11H,3-10H2,1-2H3. The normalized spacial score (nSPS) is 20.8. The van der Waals surface area contributed by atoms with Crippen molar-refractivity contribution in [3.8, 4) is 0 Å². The lowest BCUT2D eigenvalue weighted by molar-refractivity contribution is 0.118. The van der Waals surface area contributed by atoms with Crippen LogP contribution in [0, 0.1) is 5.92 Å². The molecule has 0 aromatic carbocycles. The molecule has 2 nitrogen and oxygen atoms in total. The first-order chi connectivity index (χ1) is 6.36. The molecule has 0 atom stereocenters. The van der Waals surface area contributed by atoms with Crippen LogP contribution in [-0.2, 0) is 4.74 Å². The fraction of sp³-hybridized carbons (Fsp3) is 1.00. The third kappa shape index (κ3) is 4.10. The van der Waals surface area contributed by atoms with Crippen molar-refractivity contribution in [1.82, 2.24) is 4.90 Å². The second-order valence-electron chi connectivity index (χ2n) is 4.07. The molecular formula is C11H23NO. The zero-order valence-electron chi connectivity index (χ0n) is 9.09. The number of hydrogen-bond donors (Lipinski definition) is 0. The highest BCUT2D eigenvalue weighted by molar-refractivity contribution is 4.71. The molecule has 0 unspecified atom stereocenters. The summed E-state index contributed by atoms with van der Waals surface area (Å²) in [4.78, 5) is 2.52. The van der Waals surface area contributed by atoms with Crippen LogP contribution in [0.1, 0.15) is 32.6 Å². The molecule has 0 aliphatic carbocycles. The summed E-state index contributed by atoms with van der Waals surface area (Å²) < 4.78 is 5.08. The molecule has 0 N–H and O–H groups in total. The molecule has 0 spiro atoms. The largest absolute Gasteiger partial charge is 0.383 e. The van der Waals surface area contributed by atoms with Crippen LogP contribution in [0.5, 0.6) is 0 Å². The van der Waals surface area contributed by atoms with E-state index in [0.717, 1.165) is 19.1 Å². The molecule has 0 aromatic heterocycles. The molecule has 1 fully saturated rings. The van der Waals surface area contributed by atoms with Gasteiger partial charge in [0.05, 0.1) is 6.61 Å². The van der Waals surface area contributed by atoms with E-state index in [-0.39, 0.29) is 0 Å². The van der Waals surface area contributed by atoms with Gasteiger partial charge in [-0.05, 0) is 31.8 Å². The number of rotatable bonds is 5. The molecule has 13 heavy (non-hydrogen) atoms. The Morgan fingerprint density at radius 2 is 2.00 bits per heavy atom. The van der Waals surface area contributed by atoms with Gasteiger partial charge >= 0.3 is 0 Å². The van der Waals surface area contributed by atoms with Crippen molar-refractivity contribution in [2.75, 3.05) is 33.4 Å². The van der Waals surface area contributed by atoms with Crippen LogP contribution < -0.4 is 0 Å². The minimum Gasteiger partial charge on any atom is -0.383 e.